The van der Waals surface area contributed by atoms with Gasteiger partial charge in [0.2, 0.25) is 5.82 Å². The van der Waals surface area contributed by atoms with Crippen molar-refractivity contribution in [1.82, 2.24) is 20.2 Å². The van der Waals surface area contributed by atoms with Gasteiger partial charge in [-0.05, 0) is 17.3 Å². The summed E-state index contributed by atoms with van der Waals surface area (Å²) < 4.78 is 0. The molecule has 0 aliphatic heterocycles. The van der Waals surface area contributed by atoms with Crippen molar-refractivity contribution in [1.29, 1.82) is 0 Å². The minimum atomic E-state index is -1.05. The van der Waals surface area contributed by atoms with Crippen LogP contribution in [-0.4, -0.2) is 31.3 Å². The Morgan fingerprint density at radius 2 is 2.18 bits per heavy atom. The summed E-state index contributed by atoms with van der Waals surface area (Å²) in [6.45, 7) is -0.356. The highest BCUT2D eigenvalue weighted by molar-refractivity contribution is 6.43. The lowest BCUT2D eigenvalue weighted by atomic mass is 10.2. The predicted molar refractivity (Wildman–Crippen MR) is 60.9 cm³/mol. The molecule has 1 aromatic heterocycles. The number of tetrazole rings is 1. The van der Waals surface area contributed by atoms with E-state index in [1.54, 1.807) is 18.2 Å². The summed E-state index contributed by atoms with van der Waals surface area (Å²) in [6.07, 6.45) is 0. The number of benzene rings is 1. The van der Waals surface area contributed by atoms with Crippen LogP contribution in [0.25, 0.3) is 11.4 Å². The zero-order chi connectivity index (χ0) is 12.4. The topological polar surface area (TPSA) is 80.9 Å². The number of hydrogen-bond donors (Lipinski definition) is 1. The van der Waals surface area contributed by atoms with Gasteiger partial charge in [0.25, 0.3) is 0 Å². The van der Waals surface area contributed by atoms with Crippen LogP contribution >= 0.6 is 23.2 Å². The van der Waals surface area contributed by atoms with Crippen LogP contribution in [0.4, 0.5) is 0 Å². The van der Waals surface area contributed by atoms with Gasteiger partial charge < -0.3 is 5.11 Å². The van der Waals surface area contributed by atoms with Gasteiger partial charge in [0.05, 0.1) is 10.0 Å². The summed E-state index contributed by atoms with van der Waals surface area (Å²) in [5.74, 6) is -0.815. The number of carboxylic acids is 1. The second kappa shape index (κ2) is 4.68. The van der Waals surface area contributed by atoms with Gasteiger partial charge in [0, 0.05) is 5.56 Å². The first-order chi connectivity index (χ1) is 8.08. The smallest absolute Gasteiger partial charge is 0.327 e. The molecule has 17 heavy (non-hydrogen) atoms. The fraction of sp³-hybridized carbons (Fsp3) is 0.111. The highest BCUT2D eigenvalue weighted by atomic mass is 35.5. The van der Waals surface area contributed by atoms with Crippen LogP contribution in [0.2, 0.25) is 10.0 Å². The molecule has 1 heterocycles. The number of aliphatic carboxylic acids is 1. The minimum Gasteiger partial charge on any atom is -0.480 e. The molecule has 0 fully saturated rings. The Balaban J connectivity index is 2.37. The van der Waals surface area contributed by atoms with Crippen molar-refractivity contribution < 1.29 is 9.90 Å². The van der Waals surface area contributed by atoms with E-state index in [9.17, 15) is 4.79 Å². The van der Waals surface area contributed by atoms with E-state index in [0.29, 0.717) is 15.6 Å². The van der Waals surface area contributed by atoms with Crippen LogP contribution in [0.15, 0.2) is 18.2 Å². The first kappa shape index (κ1) is 11.8. The van der Waals surface area contributed by atoms with Crippen molar-refractivity contribution in [2.24, 2.45) is 0 Å². The van der Waals surface area contributed by atoms with Crippen LogP contribution in [0, 0.1) is 0 Å². The Kier molecular flexibility index (Phi) is 3.26. The molecule has 1 N–H and O–H groups in total. The molecule has 0 spiro atoms. The maximum Gasteiger partial charge on any atom is 0.327 e. The van der Waals surface area contributed by atoms with E-state index in [-0.39, 0.29) is 12.4 Å². The van der Waals surface area contributed by atoms with Crippen LogP contribution in [-0.2, 0) is 11.3 Å². The fourth-order valence-corrected chi connectivity index (χ4v) is 1.60. The van der Waals surface area contributed by atoms with E-state index < -0.39 is 5.97 Å². The lowest BCUT2D eigenvalue weighted by molar-refractivity contribution is -0.138. The molecule has 1 aromatic carbocycles. The second-order valence-corrected chi connectivity index (χ2v) is 3.92. The molecular formula is C9H6Cl2N4O2. The fourth-order valence-electron chi connectivity index (χ4n) is 1.22. The molecule has 2 aromatic rings. The van der Waals surface area contributed by atoms with Crippen LogP contribution < -0.4 is 0 Å². The first-order valence-electron chi connectivity index (χ1n) is 4.52. The number of aromatic nitrogens is 4. The van der Waals surface area contributed by atoms with Crippen molar-refractivity contribution in [2.45, 2.75) is 6.54 Å². The Hall–Kier alpha value is -1.66. The standard InChI is InChI=1S/C9H6Cl2N4O2/c10-6-3-1-2-5(8(6)11)9-12-14-15(13-9)4-7(16)17/h1-3H,4H2,(H,16,17). The van der Waals surface area contributed by atoms with E-state index in [4.69, 9.17) is 28.3 Å². The minimum absolute atomic E-state index is 0.235. The normalized spacial score (nSPS) is 10.5. The lowest BCUT2D eigenvalue weighted by Crippen LogP contribution is -2.11. The Morgan fingerprint density at radius 3 is 2.88 bits per heavy atom. The van der Waals surface area contributed by atoms with Gasteiger partial charge >= 0.3 is 5.97 Å². The monoisotopic (exact) mass is 272 g/mol. The quantitative estimate of drug-likeness (QED) is 0.921. The van der Waals surface area contributed by atoms with Crippen LogP contribution in [0.5, 0.6) is 0 Å². The number of halogens is 2. The summed E-state index contributed by atoms with van der Waals surface area (Å²) in [5, 5.41) is 20.5. The molecule has 0 radical (unpaired) electrons. The average molecular weight is 273 g/mol. The van der Waals surface area contributed by atoms with Crippen LogP contribution in [0.3, 0.4) is 0 Å². The van der Waals surface area contributed by atoms with Gasteiger partial charge in [-0.2, -0.15) is 4.80 Å². The summed E-state index contributed by atoms with van der Waals surface area (Å²) in [7, 11) is 0. The highest BCUT2D eigenvalue weighted by Crippen LogP contribution is 2.30. The molecule has 0 saturated heterocycles. The summed E-state index contributed by atoms with van der Waals surface area (Å²) in [6, 6.07) is 5.01. The number of nitrogens with zero attached hydrogens (tertiary/aromatic N) is 4. The summed E-state index contributed by atoms with van der Waals surface area (Å²) >= 11 is 11.8. The third-order valence-electron chi connectivity index (χ3n) is 1.92. The molecule has 0 aliphatic carbocycles. The number of hydrogen-bond acceptors (Lipinski definition) is 4. The third-order valence-corrected chi connectivity index (χ3v) is 2.74. The molecular weight excluding hydrogens is 267 g/mol. The highest BCUT2D eigenvalue weighted by Gasteiger charge is 2.12. The van der Waals surface area contributed by atoms with Crippen molar-refractivity contribution in [3.8, 4) is 11.4 Å². The number of carboxylic acid groups (broad SMARTS) is 1. The van der Waals surface area contributed by atoms with Crippen LogP contribution in [0.1, 0.15) is 0 Å². The molecule has 0 unspecified atom stereocenters. The molecule has 0 saturated carbocycles. The van der Waals surface area contributed by atoms with Crippen molar-refractivity contribution in [3.63, 3.8) is 0 Å². The molecule has 2 rings (SSSR count). The SMILES string of the molecule is O=C(O)Cn1nnc(-c2cccc(Cl)c2Cl)n1. The second-order valence-electron chi connectivity index (χ2n) is 3.14. The summed E-state index contributed by atoms with van der Waals surface area (Å²) in [4.78, 5) is 11.4. The summed E-state index contributed by atoms with van der Waals surface area (Å²) in [5.41, 5.74) is 0.510. The van der Waals surface area contributed by atoms with Gasteiger partial charge in [0.15, 0.2) is 6.54 Å². The maximum atomic E-state index is 10.5. The first-order valence-corrected chi connectivity index (χ1v) is 5.27. The molecule has 0 aliphatic rings. The van der Waals surface area contributed by atoms with Gasteiger partial charge in [-0.1, -0.05) is 29.3 Å². The molecule has 0 bridgehead atoms. The largest absolute Gasteiger partial charge is 0.480 e. The van der Waals surface area contributed by atoms with Gasteiger partial charge in [-0.3, -0.25) is 4.79 Å². The zero-order valence-corrected chi connectivity index (χ0v) is 9.85. The van der Waals surface area contributed by atoms with Gasteiger partial charge in [-0.25, -0.2) is 0 Å². The Bertz CT molecular complexity index is 570. The van der Waals surface area contributed by atoms with E-state index in [1.165, 1.54) is 0 Å². The van der Waals surface area contributed by atoms with E-state index in [0.717, 1.165) is 4.80 Å². The zero-order valence-electron chi connectivity index (χ0n) is 8.34. The van der Waals surface area contributed by atoms with E-state index >= 15 is 0 Å². The van der Waals surface area contributed by atoms with E-state index in [2.05, 4.69) is 15.4 Å². The van der Waals surface area contributed by atoms with Crippen molar-refractivity contribution in [3.05, 3.63) is 28.2 Å². The number of carbonyl (C=O) groups is 1. The van der Waals surface area contributed by atoms with Crippen molar-refractivity contribution >= 4 is 29.2 Å². The Labute approximate surface area is 106 Å². The predicted octanol–water partition coefficient (Wildman–Crippen LogP) is 1.73. The number of rotatable bonds is 3. The Morgan fingerprint density at radius 1 is 1.41 bits per heavy atom. The van der Waals surface area contributed by atoms with Crippen molar-refractivity contribution in [2.75, 3.05) is 0 Å². The third kappa shape index (κ3) is 2.54. The molecule has 88 valence electrons. The molecule has 8 heteroatoms. The maximum absolute atomic E-state index is 10.5. The molecule has 6 nitrogen and oxygen atoms in total. The van der Waals surface area contributed by atoms with Gasteiger partial charge in [0.1, 0.15) is 0 Å². The lowest BCUT2D eigenvalue weighted by Gasteiger charge is -1.99. The average Bonchev–Trinajstić information content (AvgIpc) is 2.69. The van der Waals surface area contributed by atoms with E-state index in [1.807, 2.05) is 0 Å². The molecule has 0 atom stereocenters. The molecule has 0 amide bonds. The van der Waals surface area contributed by atoms with Gasteiger partial charge in [-0.15, -0.1) is 10.2 Å².